The van der Waals surface area contributed by atoms with Crippen LogP contribution in [0.2, 0.25) is 0 Å². The number of hydrogen-bond acceptors (Lipinski definition) is 6. The molecule has 1 aliphatic heterocycles. The molecule has 3 rings (SSSR count). The molecule has 150 valence electrons. The summed E-state index contributed by atoms with van der Waals surface area (Å²) in [6.45, 7) is 5.87. The standard InChI is InChI=1S/C20H34O6.Na/c1-13-4-5-14-17(2,11-21)15(23)6-7-18(14,3)20(13)9-8-19(12-22,26-20)10-16(24)25;/h13-15,21-23H,4-12H2,1-3H3,(H,24,25);/q;+1/p-1/t13-,14?,15+,17+,18+,19?,20-;/m1./s1. The Hall–Kier alpha value is 0.310. The van der Waals surface area contributed by atoms with Crippen LogP contribution >= 0.6 is 0 Å². The molecule has 7 atom stereocenters. The molecule has 1 heterocycles. The van der Waals surface area contributed by atoms with Crippen LogP contribution in [0.3, 0.4) is 0 Å². The van der Waals surface area contributed by atoms with E-state index in [0.717, 1.165) is 19.3 Å². The van der Waals surface area contributed by atoms with E-state index in [1.54, 1.807) is 0 Å². The Balaban J connectivity index is 0.00000261. The maximum atomic E-state index is 11.3. The number of ether oxygens (including phenoxy) is 1. The van der Waals surface area contributed by atoms with Gasteiger partial charge in [0.05, 0.1) is 30.5 Å². The second kappa shape index (κ2) is 7.86. The molecule has 3 aliphatic rings. The Morgan fingerprint density at radius 3 is 2.33 bits per heavy atom. The van der Waals surface area contributed by atoms with Crippen molar-refractivity contribution in [2.24, 2.45) is 22.7 Å². The Kier molecular flexibility index (Phi) is 6.87. The van der Waals surface area contributed by atoms with Gasteiger partial charge in [-0.1, -0.05) is 20.8 Å². The molecule has 1 spiro atoms. The van der Waals surface area contributed by atoms with E-state index in [9.17, 15) is 25.2 Å². The van der Waals surface area contributed by atoms with Crippen LogP contribution in [0.1, 0.15) is 65.7 Å². The molecular weight excluding hydrogens is 359 g/mol. The van der Waals surface area contributed by atoms with Crippen LogP contribution in [0, 0.1) is 22.7 Å². The maximum absolute atomic E-state index is 11.3. The van der Waals surface area contributed by atoms with Crippen molar-refractivity contribution in [3.8, 4) is 0 Å². The van der Waals surface area contributed by atoms with Crippen molar-refractivity contribution in [2.45, 2.75) is 83.0 Å². The number of aliphatic carboxylic acids is 1. The molecule has 3 N–H and O–H groups in total. The van der Waals surface area contributed by atoms with Gasteiger partial charge in [0.15, 0.2) is 0 Å². The van der Waals surface area contributed by atoms with Crippen LogP contribution in [-0.2, 0) is 9.53 Å². The average Bonchev–Trinajstić information content (AvgIpc) is 2.98. The normalized spacial score (nSPS) is 49.5. The Morgan fingerprint density at radius 2 is 1.78 bits per heavy atom. The minimum atomic E-state index is -1.21. The number of carboxylic acid groups (broad SMARTS) is 1. The zero-order valence-corrected chi connectivity index (χ0v) is 19.2. The largest absolute Gasteiger partial charge is 1.00 e. The molecule has 0 aromatic heterocycles. The van der Waals surface area contributed by atoms with E-state index in [1.165, 1.54) is 0 Å². The van der Waals surface area contributed by atoms with Crippen molar-refractivity contribution in [1.29, 1.82) is 0 Å². The third-order valence-corrected chi connectivity index (χ3v) is 8.36. The molecule has 27 heavy (non-hydrogen) atoms. The zero-order valence-electron chi connectivity index (χ0n) is 17.2. The summed E-state index contributed by atoms with van der Waals surface area (Å²) in [5, 5.41) is 41.9. The SMILES string of the molecule is C[C@@H]1CCC2[C@](C)(CO)[C@@H](O)CC[C@]2(C)[C@@]12CCC(CO)(CC(=O)[O-])O2.[Na+]. The molecule has 0 bridgehead atoms. The second-order valence-corrected chi connectivity index (χ2v) is 9.55. The number of fused-ring (bicyclic) bond motifs is 2. The number of aliphatic hydroxyl groups is 3. The quantitative estimate of drug-likeness (QED) is 0.461. The van der Waals surface area contributed by atoms with Crippen molar-refractivity contribution in [3.63, 3.8) is 0 Å². The van der Waals surface area contributed by atoms with Crippen molar-refractivity contribution < 1.29 is 59.5 Å². The van der Waals surface area contributed by atoms with Crippen LogP contribution in [0.4, 0.5) is 0 Å². The van der Waals surface area contributed by atoms with Gasteiger partial charge >= 0.3 is 29.6 Å². The molecule has 2 unspecified atom stereocenters. The Bertz CT molecular complexity index is 573. The minimum Gasteiger partial charge on any atom is -0.550 e. The summed E-state index contributed by atoms with van der Waals surface area (Å²) in [5.41, 5.74) is -2.53. The van der Waals surface area contributed by atoms with Crippen LogP contribution in [0.25, 0.3) is 0 Å². The van der Waals surface area contributed by atoms with E-state index < -0.39 is 28.7 Å². The molecule has 6 nitrogen and oxygen atoms in total. The van der Waals surface area contributed by atoms with Gasteiger partial charge in [-0.25, -0.2) is 0 Å². The third-order valence-electron chi connectivity index (χ3n) is 8.36. The monoisotopic (exact) mass is 392 g/mol. The molecular formula is C20H33NaO6. The molecule has 1 saturated heterocycles. The first-order valence-electron chi connectivity index (χ1n) is 9.89. The summed E-state index contributed by atoms with van der Waals surface area (Å²) >= 11 is 0. The van der Waals surface area contributed by atoms with Gasteiger partial charge in [-0.3, -0.25) is 0 Å². The molecule has 0 radical (unpaired) electrons. The van der Waals surface area contributed by atoms with Crippen molar-refractivity contribution >= 4 is 5.97 Å². The number of rotatable bonds is 4. The van der Waals surface area contributed by atoms with Gasteiger partial charge < -0.3 is 30.0 Å². The fraction of sp³-hybridized carbons (Fsp3) is 0.950. The van der Waals surface area contributed by atoms with Crippen LogP contribution in [0.15, 0.2) is 0 Å². The van der Waals surface area contributed by atoms with Gasteiger partial charge in [-0.2, -0.15) is 0 Å². The number of carboxylic acids is 1. The average molecular weight is 392 g/mol. The van der Waals surface area contributed by atoms with Gasteiger partial charge in [0.25, 0.3) is 0 Å². The summed E-state index contributed by atoms with van der Waals surface area (Å²) in [6.07, 6.45) is 3.48. The molecule has 3 fully saturated rings. The van der Waals surface area contributed by atoms with E-state index in [1.807, 2.05) is 6.92 Å². The third kappa shape index (κ3) is 3.33. The predicted octanol–water partition coefficient (Wildman–Crippen LogP) is -2.38. The van der Waals surface area contributed by atoms with E-state index in [4.69, 9.17) is 4.74 Å². The summed E-state index contributed by atoms with van der Waals surface area (Å²) in [5.74, 6) is -0.907. The first kappa shape index (κ1) is 23.6. The van der Waals surface area contributed by atoms with Crippen molar-refractivity contribution in [3.05, 3.63) is 0 Å². The molecule has 0 aromatic rings. The van der Waals surface area contributed by atoms with Crippen LogP contribution in [-0.4, -0.2) is 51.8 Å². The van der Waals surface area contributed by atoms with Crippen LogP contribution < -0.4 is 34.7 Å². The van der Waals surface area contributed by atoms with Gasteiger partial charge in [0.2, 0.25) is 0 Å². The number of carbonyl (C=O) groups is 1. The van der Waals surface area contributed by atoms with Gasteiger partial charge in [-0.05, 0) is 50.4 Å². The van der Waals surface area contributed by atoms with E-state index in [-0.39, 0.29) is 66.4 Å². The smallest absolute Gasteiger partial charge is 0.550 e. The number of aliphatic hydroxyl groups excluding tert-OH is 3. The maximum Gasteiger partial charge on any atom is 1.00 e. The number of hydrogen-bond donors (Lipinski definition) is 3. The van der Waals surface area contributed by atoms with Gasteiger partial charge in [0.1, 0.15) is 0 Å². The molecule has 0 amide bonds. The van der Waals surface area contributed by atoms with Crippen molar-refractivity contribution in [1.82, 2.24) is 0 Å². The van der Waals surface area contributed by atoms with Crippen molar-refractivity contribution in [2.75, 3.05) is 13.2 Å². The first-order chi connectivity index (χ1) is 12.1. The first-order valence-corrected chi connectivity index (χ1v) is 9.89. The summed E-state index contributed by atoms with van der Waals surface area (Å²) < 4.78 is 6.56. The molecule has 7 heteroatoms. The summed E-state index contributed by atoms with van der Waals surface area (Å²) in [7, 11) is 0. The summed E-state index contributed by atoms with van der Waals surface area (Å²) in [6, 6.07) is 0. The van der Waals surface area contributed by atoms with Gasteiger partial charge in [0, 0.05) is 23.2 Å². The number of carbonyl (C=O) groups excluding carboxylic acids is 1. The molecule has 2 saturated carbocycles. The molecule has 2 aliphatic carbocycles. The van der Waals surface area contributed by atoms with E-state index in [0.29, 0.717) is 19.3 Å². The topological polar surface area (TPSA) is 110 Å². The predicted molar refractivity (Wildman–Crippen MR) is 92.9 cm³/mol. The fourth-order valence-corrected chi connectivity index (χ4v) is 6.69. The molecule has 0 aromatic carbocycles. The minimum absolute atomic E-state index is 0. The Morgan fingerprint density at radius 1 is 1.11 bits per heavy atom. The second-order valence-electron chi connectivity index (χ2n) is 9.55. The Labute approximate surface area is 184 Å². The van der Waals surface area contributed by atoms with E-state index in [2.05, 4.69) is 13.8 Å². The van der Waals surface area contributed by atoms with Gasteiger partial charge in [-0.15, -0.1) is 0 Å². The van der Waals surface area contributed by atoms with E-state index >= 15 is 0 Å². The van der Waals surface area contributed by atoms with Crippen LogP contribution in [0.5, 0.6) is 0 Å². The summed E-state index contributed by atoms with van der Waals surface area (Å²) in [4.78, 5) is 11.3. The fourth-order valence-electron chi connectivity index (χ4n) is 6.69. The zero-order chi connectivity index (χ0) is 19.4.